The SMILES string of the molecule is Cc1ccc(NC(=O)CSCC(=O)N2CCCN(C)CC2)cc1. The van der Waals surface area contributed by atoms with Crippen LogP contribution in [-0.4, -0.2) is 66.3 Å². The molecular formula is C17H25N3O2S. The molecule has 0 spiro atoms. The maximum Gasteiger partial charge on any atom is 0.234 e. The van der Waals surface area contributed by atoms with Crippen molar-refractivity contribution in [2.45, 2.75) is 13.3 Å². The summed E-state index contributed by atoms with van der Waals surface area (Å²) in [5.41, 5.74) is 1.95. The average molecular weight is 335 g/mol. The first kappa shape index (κ1) is 17.8. The molecule has 0 atom stereocenters. The van der Waals surface area contributed by atoms with E-state index in [0.717, 1.165) is 43.9 Å². The van der Waals surface area contributed by atoms with E-state index >= 15 is 0 Å². The maximum atomic E-state index is 12.2. The number of rotatable bonds is 5. The number of aryl methyl sites for hydroxylation is 1. The summed E-state index contributed by atoms with van der Waals surface area (Å²) in [6.45, 7) is 5.57. The molecule has 1 N–H and O–H groups in total. The van der Waals surface area contributed by atoms with Gasteiger partial charge in [0.05, 0.1) is 11.5 Å². The number of anilines is 1. The lowest BCUT2D eigenvalue weighted by Crippen LogP contribution is -2.35. The van der Waals surface area contributed by atoms with E-state index < -0.39 is 0 Å². The van der Waals surface area contributed by atoms with Crippen LogP contribution in [0.25, 0.3) is 0 Å². The third-order valence-corrected chi connectivity index (χ3v) is 4.78. The second kappa shape index (κ2) is 8.93. The minimum absolute atomic E-state index is 0.0674. The van der Waals surface area contributed by atoms with Crippen LogP contribution in [0, 0.1) is 6.92 Å². The van der Waals surface area contributed by atoms with Gasteiger partial charge in [-0.1, -0.05) is 17.7 Å². The van der Waals surface area contributed by atoms with Crippen molar-refractivity contribution in [3.8, 4) is 0 Å². The fourth-order valence-corrected chi connectivity index (χ4v) is 3.17. The number of amides is 2. The molecule has 0 aromatic heterocycles. The fourth-order valence-electron chi connectivity index (χ4n) is 2.45. The van der Waals surface area contributed by atoms with E-state index in [1.165, 1.54) is 11.8 Å². The maximum absolute atomic E-state index is 12.2. The van der Waals surface area contributed by atoms with Gasteiger partial charge >= 0.3 is 0 Å². The van der Waals surface area contributed by atoms with Crippen LogP contribution < -0.4 is 5.32 Å². The van der Waals surface area contributed by atoms with Gasteiger partial charge in [0.25, 0.3) is 0 Å². The monoisotopic (exact) mass is 335 g/mol. The summed E-state index contributed by atoms with van der Waals surface area (Å²) in [5.74, 6) is 0.731. The molecule has 0 aliphatic carbocycles. The molecule has 0 saturated carbocycles. The number of likely N-dealkylation sites (N-methyl/N-ethyl adjacent to an activating group) is 1. The molecule has 1 aliphatic heterocycles. The van der Waals surface area contributed by atoms with Crippen molar-refractivity contribution in [1.82, 2.24) is 9.80 Å². The van der Waals surface area contributed by atoms with E-state index in [-0.39, 0.29) is 11.8 Å². The lowest BCUT2D eigenvalue weighted by atomic mass is 10.2. The predicted octanol–water partition coefficient (Wildman–Crippen LogP) is 1.83. The van der Waals surface area contributed by atoms with E-state index in [1.807, 2.05) is 36.1 Å². The Morgan fingerprint density at radius 3 is 2.57 bits per heavy atom. The van der Waals surface area contributed by atoms with E-state index in [9.17, 15) is 9.59 Å². The summed E-state index contributed by atoms with van der Waals surface area (Å²) < 4.78 is 0. The normalized spacial score (nSPS) is 16.0. The topological polar surface area (TPSA) is 52.7 Å². The third kappa shape index (κ3) is 6.23. The highest BCUT2D eigenvalue weighted by Gasteiger charge is 2.17. The summed E-state index contributed by atoms with van der Waals surface area (Å²) in [6, 6.07) is 7.69. The molecule has 0 bridgehead atoms. The Morgan fingerprint density at radius 2 is 1.83 bits per heavy atom. The number of hydrogen-bond acceptors (Lipinski definition) is 4. The molecule has 0 radical (unpaired) electrons. The zero-order valence-corrected chi connectivity index (χ0v) is 14.7. The second-order valence-corrected chi connectivity index (χ2v) is 6.93. The highest BCUT2D eigenvalue weighted by molar-refractivity contribution is 8.00. The molecule has 1 aromatic rings. The van der Waals surface area contributed by atoms with Crippen LogP contribution in [0.1, 0.15) is 12.0 Å². The lowest BCUT2D eigenvalue weighted by Gasteiger charge is -2.20. The van der Waals surface area contributed by atoms with Gasteiger partial charge < -0.3 is 15.1 Å². The molecule has 1 fully saturated rings. The number of carbonyl (C=O) groups excluding carboxylic acids is 2. The Balaban J connectivity index is 1.68. The van der Waals surface area contributed by atoms with Crippen LogP contribution in [0.4, 0.5) is 5.69 Å². The smallest absolute Gasteiger partial charge is 0.234 e. The summed E-state index contributed by atoms with van der Waals surface area (Å²) in [6.07, 6.45) is 1.01. The van der Waals surface area contributed by atoms with Crippen molar-refractivity contribution in [3.63, 3.8) is 0 Å². The van der Waals surface area contributed by atoms with Crippen LogP contribution in [0.5, 0.6) is 0 Å². The van der Waals surface area contributed by atoms with Gasteiger partial charge in [-0.15, -0.1) is 11.8 Å². The fraction of sp³-hybridized carbons (Fsp3) is 0.529. The molecule has 0 unspecified atom stereocenters. The molecule has 2 amide bonds. The number of nitrogens with one attached hydrogen (secondary N) is 1. The van der Waals surface area contributed by atoms with Crippen molar-refractivity contribution in [3.05, 3.63) is 29.8 Å². The predicted molar refractivity (Wildman–Crippen MR) is 95.8 cm³/mol. The van der Waals surface area contributed by atoms with E-state index in [0.29, 0.717) is 11.5 Å². The summed E-state index contributed by atoms with van der Waals surface area (Å²) in [7, 11) is 2.08. The number of carbonyl (C=O) groups is 2. The molecule has 6 heteroatoms. The third-order valence-electron chi connectivity index (χ3n) is 3.87. The quantitative estimate of drug-likeness (QED) is 0.892. The zero-order valence-electron chi connectivity index (χ0n) is 13.9. The van der Waals surface area contributed by atoms with Gasteiger partial charge in [0, 0.05) is 25.3 Å². The second-order valence-electron chi connectivity index (χ2n) is 5.94. The van der Waals surface area contributed by atoms with Gasteiger partial charge in [0.1, 0.15) is 0 Å². The molecule has 1 heterocycles. The molecule has 1 aromatic carbocycles. The molecule has 1 aliphatic rings. The molecule has 2 rings (SSSR count). The van der Waals surface area contributed by atoms with E-state index in [4.69, 9.17) is 0 Å². The molecular weight excluding hydrogens is 310 g/mol. The van der Waals surface area contributed by atoms with Gasteiger partial charge in [-0.3, -0.25) is 9.59 Å². The van der Waals surface area contributed by atoms with E-state index in [2.05, 4.69) is 17.3 Å². The van der Waals surface area contributed by atoms with Crippen LogP contribution in [0.3, 0.4) is 0 Å². The first-order valence-electron chi connectivity index (χ1n) is 7.95. The average Bonchev–Trinajstić information content (AvgIpc) is 2.74. The van der Waals surface area contributed by atoms with Gasteiger partial charge in [-0.05, 0) is 39.1 Å². The highest BCUT2D eigenvalue weighted by atomic mass is 32.2. The van der Waals surface area contributed by atoms with Gasteiger partial charge in [-0.25, -0.2) is 0 Å². The minimum atomic E-state index is -0.0674. The van der Waals surface area contributed by atoms with Crippen LogP contribution >= 0.6 is 11.8 Å². The molecule has 23 heavy (non-hydrogen) atoms. The van der Waals surface area contributed by atoms with Crippen molar-refractivity contribution in [2.24, 2.45) is 0 Å². The highest BCUT2D eigenvalue weighted by Crippen LogP contribution is 2.11. The Kier molecular flexibility index (Phi) is 6.92. The van der Waals surface area contributed by atoms with Crippen molar-refractivity contribution >= 4 is 29.3 Å². The van der Waals surface area contributed by atoms with Crippen molar-refractivity contribution in [2.75, 3.05) is 50.0 Å². The Labute approximate surface area is 142 Å². The van der Waals surface area contributed by atoms with Gasteiger partial charge in [-0.2, -0.15) is 0 Å². The van der Waals surface area contributed by atoms with Crippen molar-refractivity contribution < 1.29 is 9.59 Å². The summed E-state index contributed by atoms with van der Waals surface area (Å²) in [4.78, 5) is 28.2. The Hall–Kier alpha value is -1.53. The number of nitrogens with zero attached hydrogens (tertiary/aromatic N) is 2. The largest absolute Gasteiger partial charge is 0.341 e. The number of thioether (sulfide) groups is 1. The standard InChI is InChI=1S/C17H25N3O2S/c1-14-4-6-15(7-5-14)18-16(21)12-23-13-17(22)20-9-3-8-19(2)10-11-20/h4-7H,3,8-13H2,1-2H3,(H,18,21). The lowest BCUT2D eigenvalue weighted by molar-refractivity contribution is -0.128. The zero-order chi connectivity index (χ0) is 16.7. The summed E-state index contributed by atoms with van der Waals surface area (Å²) in [5, 5.41) is 2.85. The number of benzene rings is 1. The molecule has 126 valence electrons. The Morgan fingerprint density at radius 1 is 1.09 bits per heavy atom. The molecule has 1 saturated heterocycles. The number of hydrogen-bond donors (Lipinski definition) is 1. The van der Waals surface area contributed by atoms with Gasteiger partial charge in [0.2, 0.25) is 11.8 Å². The molecule has 5 nitrogen and oxygen atoms in total. The first-order valence-corrected chi connectivity index (χ1v) is 9.10. The van der Waals surface area contributed by atoms with Crippen molar-refractivity contribution in [1.29, 1.82) is 0 Å². The minimum Gasteiger partial charge on any atom is -0.341 e. The van der Waals surface area contributed by atoms with Crippen LogP contribution in [0.2, 0.25) is 0 Å². The first-order chi connectivity index (χ1) is 11.0. The van der Waals surface area contributed by atoms with Crippen LogP contribution in [-0.2, 0) is 9.59 Å². The van der Waals surface area contributed by atoms with Crippen LogP contribution in [0.15, 0.2) is 24.3 Å². The summed E-state index contributed by atoms with van der Waals surface area (Å²) >= 11 is 1.38. The Bertz CT molecular complexity index is 533. The van der Waals surface area contributed by atoms with E-state index in [1.54, 1.807) is 0 Å². The van der Waals surface area contributed by atoms with Gasteiger partial charge in [0.15, 0.2) is 0 Å².